The number of nitrogens with one attached hydrogen (secondary N) is 1. The van der Waals surface area contributed by atoms with Crippen molar-refractivity contribution >= 4 is 29.3 Å². The Labute approximate surface area is 198 Å². The number of benzene rings is 1. The minimum atomic E-state index is -4.50. The average molecular weight is 483 g/mol. The monoisotopic (exact) mass is 483 g/mol. The first kappa shape index (κ1) is 22.6. The molecule has 2 aliphatic heterocycles. The SMILES string of the molecule is CC(=O)O[C@H]1CN2C[C@H]1N(C(=O)Nc1ccccn1)c1nc(-c3cccc(C(F)(F)F)c3)ccc12. The lowest BCUT2D eigenvalue weighted by Gasteiger charge is -2.36. The number of hydrogen-bond donors (Lipinski definition) is 1. The van der Waals surface area contributed by atoms with Gasteiger partial charge in [0.05, 0.1) is 29.5 Å². The molecular weight excluding hydrogens is 463 g/mol. The van der Waals surface area contributed by atoms with Crippen LogP contribution in [0.25, 0.3) is 11.3 Å². The molecule has 35 heavy (non-hydrogen) atoms. The number of esters is 1. The van der Waals surface area contributed by atoms with Gasteiger partial charge in [-0.3, -0.25) is 15.0 Å². The quantitative estimate of drug-likeness (QED) is 0.558. The molecule has 8 nitrogen and oxygen atoms in total. The average Bonchev–Trinajstić information content (AvgIpc) is 3.16. The second-order valence-electron chi connectivity index (χ2n) is 8.25. The largest absolute Gasteiger partial charge is 0.458 e. The van der Waals surface area contributed by atoms with E-state index in [0.717, 1.165) is 12.1 Å². The fourth-order valence-corrected chi connectivity index (χ4v) is 4.42. The Morgan fingerprint density at radius 2 is 1.91 bits per heavy atom. The summed E-state index contributed by atoms with van der Waals surface area (Å²) in [6, 6.07) is 12.2. The van der Waals surface area contributed by atoms with Gasteiger partial charge in [-0.15, -0.1) is 0 Å². The number of rotatable bonds is 3. The highest BCUT2D eigenvalue weighted by Gasteiger charge is 2.48. The Hall–Kier alpha value is -4.15. The summed E-state index contributed by atoms with van der Waals surface area (Å²) in [5.41, 5.74) is 0.356. The van der Waals surface area contributed by atoms with Gasteiger partial charge in [-0.2, -0.15) is 13.2 Å². The maximum atomic E-state index is 13.4. The molecule has 1 N–H and O–H groups in total. The van der Waals surface area contributed by atoms with Crippen LogP contribution in [0.1, 0.15) is 12.5 Å². The summed E-state index contributed by atoms with van der Waals surface area (Å²) in [6.07, 6.45) is -3.57. The normalized spacial score (nSPS) is 18.7. The van der Waals surface area contributed by atoms with Gasteiger partial charge in [0.25, 0.3) is 0 Å². The highest BCUT2D eigenvalue weighted by molar-refractivity contribution is 6.04. The van der Waals surface area contributed by atoms with Crippen molar-refractivity contribution < 1.29 is 27.5 Å². The van der Waals surface area contributed by atoms with E-state index < -0.39 is 35.9 Å². The highest BCUT2D eigenvalue weighted by atomic mass is 19.4. The van der Waals surface area contributed by atoms with Crippen LogP contribution >= 0.6 is 0 Å². The van der Waals surface area contributed by atoms with Crippen LogP contribution in [0.5, 0.6) is 0 Å². The molecule has 0 saturated carbocycles. The molecule has 4 heterocycles. The van der Waals surface area contributed by atoms with Crippen molar-refractivity contribution in [3.63, 3.8) is 0 Å². The molecule has 1 saturated heterocycles. The van der Waals surface area contributed by atoms with Gasteiger partial charge in [-0.05, 0) is 36.4 Å². The van der Waals surface area contributed by atoms with E-state index >= 15 is 0 Å². The van der Waals surface area contributed by atoms with Gasteiger partial charge in [-0.25, -0.2) is 14.8 Å². The molecule has 2 bridgehead atoms. The van der Waals surface area contributed by atoms with Crippen molar-refractivity contribution in [2.24, 2.45) is 0 Å². The minimum Gasteiger partial charge on any atom is -0.458 e. The fraction of sp³-hybridized carbons (Fsp3) is 0.250. The van der Waals surface area contributed by atoms with Crippen molar-refractivity contribution in [3.05, 3.63) is 66.4 Å². The summed E-state index contributed by atoms with van der Waals surface area (Å²) < 4.78 is 45.2. The van der Waals surface area contributed by atoms with Crippen LogP contribution in [0.4, 0.5) is 35.3 Å². The van der Waals surface area contributed by atoms with Gasteiger partial charge >= 0.3 is 18.2 Å². The first-order chi connectivity index (χ1) is 16.7. The second-order valence-corrected chi connectivity index (χ2v) is 8.25. The highest BCUT2D eigenvalue weighted by Crippen LogP contribution is 2.41. The van der Waals surface area contributed by atoms with Crippen LogP contribution < -0.4 is 15.1 Å². The van der Waals surface area contributed by atoms with Gasteiger partial charge in [0, 0.05) is 25.2 Å². The lowest BCUT2D eigenvalue weighted by atomic mass is 10.1. The van der Waals surface area contributed by atoms with E-state index in [2.05, 4.69) is 15.3 Å². The van der Waals surface area contributed by atoms with Crippen LogP contribution in [0.2, 0.25) is 0 Å². The van der Waals surface area contributed by atoms with E-state index in [4.69, 9.17) is 4.74 Å². The molecule has 0 spiro atoms. The molecule has 2 aliphatic rings. The van der Waals surface area contributed by atoms with Crippen molar-refractivity contribution in [1.29, 1.82) is 0 Å². The van der Waals surface area contributed by atoms with Crippen LogP contribution in [0, 0.1) is 0 Å². The Morgan fingerprint density at radius 3 is 2.63 bits per heavy atom. The van der Waals surface area contributed by atoms with E-state index in [1.165, 1.54) is 30.2 Å². The summed E-state index contributed by atoms with van der Waals surface area (Å²) in [5.74, 6) is 0.104. The number of pyridine rings is 2. The smallest absolute Gasteiger partial charge is 0.416 e. The Balaban J connectivity index is 1.56. The number of amides is 2. The third kappa shape index (κ3) is 4.36. The van der Waals surface area contributed by atoms with Crippen molar-refractivity contribution in [2.45, 2.75) is 25.2 Å². The summed E-state index contributed by atoms with van der Waals surface area (Å²) in [7, 11) is 0. The number of alkyl halides is 3. The van der Waals surface area contributed by atoms with Crippen molar-refractivity contribution in [2.75, 3.05) is 28.2 Å². The molecule has 0 aliphatic carbocycles. The molecule has 0 unspecified atom stereocenters. The zero-order chi connectivity index (χ0) is 24.7. The van der Waals surface area contributed by atoms with E-state index in [1.54, 1.807) is 30.3 Å². The first-order valence-corrected chi connectivity index (χ1v) is 10.8. The number of nitrogens with zero attached hydrogens (tertiary/aromatic N) is 4. The summed E-state index contributed by atoms with van der Waals surface area (Å²) in [4.78, 5) is 37.2. The lowest BCUT2D eigenvalue weighted by molar-refractivity contribution is -0.145. The van der Waals surface area contributed by atoms with E-state index in [9.17, 15) is 22.8 Å². The third-order valence-electron chi connectivity index (χ3n) is 5.91. The number of hydrogen-bond acceptors (Lipinski definition) is 6. The zero-order valence-corrected chi connectivity index (χ0v) is 18.5. The zero-order valence-electron chi connectivity index (χ0n) is 18.5. The number of urea groups is 1. The predicted molar refractivity (Wildman–Crippen MR) is 122 cm³/mol. The van der Waals surface area contributed by atoms with Crippen LogP contribution in [0.3, 0.4) is 0 Å². The summed E-state index contributed by atoms with van der Waals surface area (Å²) in [6.45, 7) is 2.06. The fourth-order valence-electron chi connectivity index (χ4n) is 4.42. The van der Waals surface area contributed by atoms with Crippen molar-refractivity contribution in [3.8, 4) is 11.3 Å². The van der Waals surface area contributed by atoms with Crippen LogP contribution in [-0.4, -0.2) is 47.2 Å². The van der Waals surface area contributed by atoms with Crippen molar-refractivity contribution in [1.82, 2.24) is 9.97 Å². The van der Waals surface area contributed by atoms with E-state index in [-0.39, 0.29) is 17.1 Å². The van der Waals surface area contributed by atoms with E-state index in [1.807, 2.05) is 4.90 Å². The second kappa shape index (κ2) is 8.57. The molecule has 1 fully saturated rings. The standard InChI is InChI=1S/C24H20F3N5O3/c1-14(33)35-20-13-31-12-19(20)32(23(34)30-21-7-2-3-10-28-21)22-18(31)9-8-17(29-22)15-5-4-6-16(11-15)24(25,26)27/h2-11,19-20H,12-13H2,1H3,(H,28,30,34)/t19-,20+/m1/s1. The molecular formula is C24H20F3N5O3. The molecule has 11 heteroatoms. The minimum absolute atomic E-state index is 0.261. The third-order valence-corrected chi connectivity index (χ3v) is 5.91. The number of carbonyl (C=O) groups excluding carboxylic acids is 2. The maximum Gasteiger partial charge on any atom is 0.416 e. The summed E-state index contributed by atoms with van der Waals surface area (Å²) >= 11 is 0. The molecule has 2 amide bonds. The molecule has 2 aromatic heterocycles. The number of ether oxygens (including phenoxy) is 1. The first-order valence-electron chi connectivity index (χ1n) is 10.8. The number of halogens is 3. The van der Waals surface area contributed by atoms with Gasteiger partial charge in [0.2, 0.25) is 0 Å². The van der Waals surface area contributed by atoms with Gasteiger partial charge < -0.3 is 9.64 Å². The topological polar surface area (TPSA) is 87.7 Å². The molecule has 2 atom stereocenters. The molecule has 1 aromatic carbocycles. The Bertz CT molecular complexity index is 1280. The van der Waals surface area contributed by atoms with Gasteiger partial charge in [-0.1, -0.05) is 18.2 Å². The van der Waals surface area contributed by atoms with Crippen LogP contribution in [-0.2, 0) is 15.7 Å². The predicted octanol–water partition coefficient (Wildman–Crippen LogP) is 4.33. The lowest BCUT2D eigenvalue weighted by Crippen LogP contribution is -2.52. The van der Waals surface area contributed by atoms with Gasteiger partial charge in [0.15, 0.2) is 5.82 Å². The van der Waals surface area contributed by atoms with Gasteiger partial charge in [0.1, 0.15) is 11.9 Å². The van der Waals surface area contributed by atoms with E-state index in [0.29, 0.717) is 24.6 Å². The Morgan fingerprint density at radius 1 is 1.09 bits per heavy atom. The molecule has 5 rings (SSSR count). The number of aromatic nitrogens is 2. The maximum absolute atomic E-state index is 13.4. The number of anilines is 3. The molecule has 3 aromatic rings. The number of fused-ring (bicyclic) bond motifs is 4. The van der Waals surface area contributed by atoms with Crippen LogP contribution in [0.15, 0.2) is 60.8 Å². The molecule has 0 radical (unpaired) electrons. The summed E-state index contributed by atoms with van der Waals surface area (Å²) in [5, 5.41) is 2.73. The molecule has 180 valence electrons. The Kier molecular flexibility index (Phi) is 5.54. The number of carbonyl (C=O) groups is 2.